The van der Waals surface area contributed by atoms with Crippen molar-refractivity contribution in [1.82, 2.24) is 25.7 Å². The topological polar surface area (TPSA) is 63.6 Å². The minimum Gasteiger partial charge on any atom is -0.317 e. The van der Waals surface area contributed by atoms with E-state index in [1.54, 1.807) is 23.7 Å². The molecule has 2 aromatic heterocycles. The van der Waals surface area contributed by atoms with Gasteiger partial charge in [0.05, 0.1) is 12.4 Å². The molecule has 2 heterocycles. The second-order valence-electron chi connectivity index (χ2n) is 3.59. The van der Waals surface area contributed by atoms with Gasteiger partial charge in [0.1, 0.15) is 10.0 Å². The lowest BCUT2D eigenvalue weighted by atomic mass is 10.3. The van der Waals surface area contributed by atoms with Crippen LogP contribution in [0.1, 0.15) is 18.4 Å². The molecule has 2 rings (SSSR count). The molecule has 0 aliphatic heterocycles. The van der Waals surface area contributed by atoms with Gasteiger partial charge in [0.15, 0.2) is 0 Å². The maximum atomic E-state index is 4.18. The van der Waals surface area contributed by atoms with Crippen molar-refractivity contribution in [1.29, 1.82) is 0 Å². The Morgan fingerprint density at radius 3 is 3.00 bits per heavy atom. The molecule has 0 aliphatic rings. The molecule has 6 heteroatoms. The van der Waals surface area contributed by atoms with E-state index in [0.29, 0.717) is 0 Å². The summed E-state index contributed by atoms with van der Waals surface area (Å²) >= 11 is 1.63. The lowest BCUT2D eigenvalue weighted by Gasteiger charge is -1.97. The van der Waals surface area contributed by atoms with Crippen LogP contribution in [0, 0.1) is 0 Å². The maximum absolute atomic E-state index is 4.18. The zero-order valence-electron chi connectivity index (χ0n) is 9.76. The van der Waals surface area contributed by atoms with Crippen molar-refractivity contribution in [2.75, 3.05) is 13.1 Å². The van der Waals surface area contributed by atoms with Crippen LogP contribution in [-0.2, 0) is 6.42 Å². The van der Waals surface area contributed by atoms with Crippen LogP contribution < -0.4 is 5.32 Å². The van der Waals surface area contributed by atoms with Crippen molar-refractivity contribution >= 4 is 11.3 Å². The highest BCUT2D eigenvalue weighted by Gasteiger charge is 2.06. The van der Waals surface area contributed by atoms with E-state index in [1.807, 2.05) is 6.07 Å². The van der Waals surface area contributed by atoms with Crippen molar-refractivity contribution in [2.45, 2.75) is 19.8 Å². The predicted molar refractivity (Wildman–Crippen MR) is 67.8 cm³/mol. The third-order valence-corrected chi connectivity index (χ3v) is 3.32. The molecule has 0 saturated heterocycles. The lowest BCUT2D eigenvalue weighted by molar-refractivity contribution is 0.669. The summed E-state index contributed by atoms with van der Waals surface area (Å²) in [5.74, 6) is 0. The van der Waals surface area contributed by atoms with Crippen LogP contribution in [0.3, 0.4) is 0 Å². The van der Waals surface area contributed by atoms with Crippen LogP contribution in [-0.4, -0.2) is 33.5 Å². The van der Waals surface area contributed by atoms with Gasteiger partial charge < -0.3 is 5.32 Å². The van der Waals surface area contributed by atoms with E-state index in [1.165, 1.54) is 0 Å². The summed E-state index contributed by atoms with van der Waals surface area (Å²) in [6, 6.07) is 1.90. The van der Waals surface area contributed by atoms with Gasteiger partial charge in [-0.3, -0.25) is 0 Å². The molecule has 5 nitrogen and oxygen atoms in total. The van der Waals surface area contributed by atoms with Crippen LogP contribution in [0.25, 0.3) is 10.6 Å². The fourth-order valence-corrected chi connectivity index (χ4v) is 2.30. The minimum absolute atomic E-state index is 0.915. The average molecular weight is 249 g/mol. The van der Waals surface area contributed by atoms with E-state index in [9.17, 15) is 0 Å². The molecule has 0 aromatic carbocycles. The van der Waals surface area contributed by atoms with Gasteiger partial charge >= 0.3 is 0 Å². The van der Waals surface area contributed by atoms with E-state index in [2.05, 4.69) is 32.6 Å². The molecule has 1 N–H and O–H groups in total. The molecule has 0 radical (unpaired) electrons. The standard InChI is InChI=1S/C11H15N5S/c1-2-12-6-3-4-10-15-16-11(17-10)9-5-7-13-14-8-9/h5,7-8,12H,2-4,6H2,1H3. The van der Waals surface area contributed by atoms with Crippen LogP contribution in [0.15, 0.2) is 18.5 Å². The maximum Gasteiger partial charge on any atom is 0.149 e. The Kier molecular flexibility index (Phi) is 4.52. The largest absolute Gasteiger partial charge is 0.317 e. The first-order chi connectivity index (χ1) is 8.40. The summed E-state index contributed by atoms with van der Waals surface area (Å²) in [4.78, 5) is 0. The van der Waals surface area contributed by atoms with Crippen molar-refractivity contribution in [3.05, 3.63) is 23.5 Å². The third-order valence-electron chi connectivity index (χ3n) is 2.29. The van der Waals surface area contributed by atoms with E-state index in [4.69, 9.17) is 0 Å². The molecule has 0 aliphatic carbocycles. The molecule has 0 atom stereocenters. The predicted octanol–water partition coefficient (Wildman–Crippen LogP) is 1.54. The summed E-state index contributed by atoms with van der Waals surface area (Å²) in [5.41, 5.74) is 0.982. The van der Waals surface area contributed by atoms with Gasteiger partial charge in [-0.15, -0.1) is 10.2 Å². The zero-order valence-corrected chi connectivity index (χ0v) is 10.6. The Labute approximate surface area is 104 Å². The Bertz CT molecular complexity index is 442. The van der Waals surface area contributed by atoms with E-state index in [0.717, 1.165) is 41.5 Å². The quantitative estimate of drug-likeness (QED) is 0.787. The highest BCUT2D eigenvalue weighted by molar-refractivity contribution is 7.14. The number of aromatic nitrogens is 4. The van der Waals surface area contributed by atoms with Crippen LogP contribution >= 0.6 is 11.3 Å². The van der Waals surface area contributed by atoms with Crippen molar-refractivity contribution < 1.29 is 0 Å². The summed E-state index contributed by atoms with van der Waals surface area (Å²) in [6.07, 6.45) is 5.45. The van der Waals surface area contributed by atoms with Crippen LogP contribution in [0.5, 0.6) is 0 Å². The fourth-order valence-electron chi connectivity index (χ4n) is 1.43. The second kappa shape index (κ2) is 6.36. The Morgan fingerprint density at radius 1 is 1.29 bits per heavy atom. The normalized spacial score (nSPS) is 10.6. The molecule has 0 unspecified atom stereocenters. The first-order valence-electron chi connectivity index (χ1n) is 5.70. The number of hydrogen-bond donors (Lipinski definition) is 1. The van der Waals surface area contributed by atoms with Crippen molar-refractivity contribution in [3.8, 4) is 10.6 Å². The highest BCUT2D eigenvalue weighted by Crippen LogP contribution is 2.22. The van der Waals surface area contributed by atoms with Crippen LogP contribution in [0.4, 0.5) is 0 Å². The van der Waals surface area contributed by atoms with E-state index in [-0.39, 0.29) is 0 Å². The Balaban J connectivity index is 1.92. The summed E-state index contributed by atoms with van der Waals surface area (Å²) < 4.78 is 0. The molecule has 17 heavy (non-hydrogen) atoms. The van der Waals surface area contributed by atoms with E-state index >= 15 is 0 Å². The smallest absolute Gasteiger partial charge is 0.149 e. The van der Waals surface area contributed by atoms with Gasteiger partial charge in [0, 0.05) is 12.0 Å². The third kappa shape index (κ3) is 3.54. The average Bonchev–Trinajstić information content (AvgIpc) is 2.85. The Morgan fingerprint density at radius 2 is 2.24 bits per heavy atom. The monoisotopic (exact) mass is 249 g/mol. The fraction of sp³-hybridized carbons (Fsp3) is 0.455. The molecule has 90 valence electrons. The van der Waals surface area contributed by atoms with Gasteiger partial charge in [0.2, 0.25) is 0 Å². The first kappa shape index (κ1) is 12.1. The molecular weight excluding hydrogens is 234 g/mol. The van der Waals surface area contributed by atoms with Crippen molar-refractivity contribution in [2.24, 2.45) is 0 Å². The number of nitrogens with one attached hydrogen (secondary N) is 1. The molecule has 0 saturated carbocycles. The van der Waals surface area contributed by atoms with Gasteiger partial charge in [0.25, 0.3) is 0 Å². The summed E-state index contributed by atoms with van der Waals surface area (Å²) in [5, 5.41) is 21.2. The van der Waals surface area contributed by atoms with Gasteiger partial charge in [-0.1, -0.05) is 18.3 Å². The molecule has 2 aromatic rings. The van der Waals surface area contributed by atoms with Gasteiger partial charge in [-0.05, 0) is 25.6 Å². The number of aryl methyl sites for hydroxylation is 1. The number of rotatable bonds is 6. The number of nitrogens with zero attached hydrogens (tertiary/aromatic N) is 4. The minimum atomic E-state index is 0.915. The lowest BCUT2D eigenvalue weighted by Crippen LogP contribution is -2.14. The van der Waals surface area contributed by atoms with Crippen molar-refractivity contribution in [3.63, 3.8) is 0 Å². The first-order valence-corrected chi connectivity index (χ1v) is 6.52. The SMILES string of the molecule is CCNCCCc1nnc(-c2ccnnc2)s1. The zero-order chi connectivity index (χ0) is 11.9. The second-order valence-corrected chi connectivity index (χ2v) is 4.65. The van der Waals surface area contributed by atoms with Crippen LogP contribution in [0.2, 0.25) is 0 Å². The molecule has 0 amide bonds. The molecule has 0 fully saturated rings. The summed E-state index contributed by atoms with van der Waals surface area (Å²) in [7, 11) is 0. The van der Waals surface area contributed by atoms with E-state index < -0.39 is 0 Å². The highest BCUT2D eigenvalue weighted by atomic mass is 32.1. The molecule has 0 bridgehead atoms. The Hall–Kier alpha value is -1.40. The van der Waals surface area contributed by atoms with Gasteiger partial charge in [-0.25, -0.2) is 0 Å². The molecule has 0 spiro atoms. The molecular formula is C11H15N5S. The number of hydrogen-bond acceptors (Lipinski definition) is 6. The van der Waals surface area contributed by atoms with Gasteiger partial charge in [-0.2, -0.15) is 10.2 Å². The summed E-state index contributed by atoms with van der Waals surface area (Å²) in [6.45, 7) is 4.16.